The van der Waals surface area contributed by atoms with Crippen molar-refractivity contribution in [2.24, 2.45) is 5.73 Å². The summed E-state index contributed by atoms with van der Waals surface area (Å²) in [6.45, 7) is 3.99. The van der Waals surface area contributed by atoms with Crippen molar-refractivity contribution in [1.29, 1.82) is 0 Å². The highest BCUT2D eigenvalue weighted by Gasteiger charge is 2.20. The van der Waals surface area contributed by atoms with Gasteiger partial charge in [-0.2, -0.15) is 0 Å². The Balaban J connectivity index is 2.05. The van der Waals surface area contributed by atoms with Gasteiger partial charge in [-0.3, -0.25) is 4.79 Å². The molecular formula is C15H20N4O. The predicted octanol–water partition coefficient (Wildman–Crippen LogP) is 1.99. The van der Waals surface area contributed by atoms with Gasteiger partial charge in [-0.1, -0.05) is 36.8 Å². The summed E-state index contributed by atoms with van der Waals surface area (Å²) in [5, 5.41) is 2.92. The van der Waals surface area contributed by atoms with Gasteiger partial charge in [0, 0.05) is 12.4 Å². The minimum atomic E-state index is -0.667. The molecule has 0 bridgehead atoms. The first-order valence-corrected chi connectivity index (χ1v) is 6.73. The molecule has 0 fully saturated rings. The van der Waals surface area contributed by atoms with E-state index in [9.17, 15) is 4.79 Å². The summed E-state index contributed by atoms with van der Waals surface area (Å²) in [5.41, 5.74) is 7.95. The summed E-state index contributed by atoms with van der Waals surface area (Å²) in [4.78, 5) is 19.4. The Bertz CT molecular complexity index is 548. The molecule has 5 nitrogen and oxygen atoms in total. The third kappa shape index (κ3) is 3.24. The van der Waals surface area contributed by atoms with E-state index in [1.54, 1.807) is 12.4 Å². The number of nitrogens with one attached hydrogen (secondary N) is 2. The Morgan fingerprint density at radius 3 is 2.65 bits per heavy atom. The van der Waals surface area contributed by atoms with E-state index >= 15 is 0 Å². The summed E-state index contributed by atoms with van der Waals surface area (Å²) < 4.78 is 0. The fraction of sp³-hybridized carbons (Fsp3) is 0.333. The maximum Gasteiger partial charge on any atom is 0.242 e. The summed E-state index contributed by atoms with van der Waals surface area (Å²) in [6.07, 6.45) is 4.16. The standard InChI is InChI=1S/C15H20N4O/c1-3-12(14-17-8-9-18-14)19-15(20)13(16)11-6-4-10(2)5-7-11/h4-9,12-13H,3,16H2,1-2H3,(H,17,18)(H,19,20). The molecule has 5 heteroatoms. The van der Waals surface area contributed by atoms with Crippen LogP contribution in [0.1, 0.15) is 42.4 Å². The van der Waals surface area contributed by atoms with Crippen LogP contribution < -0.4 is 11.1 Å². The van der Waals surface area contributed by atoms with E-state index in [-0.39, 0.29) is 11.9 Å². The Morgan fingerprint density at radius 2 is 2.10 bits per heavy atom. The topological polar surface area (TPSA) is 83.8 Å². The molecule has 0 saturated heterocycles. The monoisotopic (exact) mass is 272 g/mol. The Morgan fingerprint density at radius 1 is 1.40 bits per heavy atom. The first-order valence-electron chi connectivity index (χ1n) is 6.73. The van der Waals surface area contributed by atoms with Crippen LogP contribution in [0.3, 0.4) is 0 Å². The number of carbonyl (C=O) groups excluding carboxylic acids is 1. The molecule has 0 aliphatic heterocycles. The number of amides is 1. The fourth-order valence-corrected chi connectivity index (χ4v) is 2.02. The molecule has 0 saturated carbocycles. The highest BCUT2D eigenvalue weighted by Crippen LogP contribution is 2.16. The zero-order valence-electron chi connectivity index (χ0n) is 11.8. The number of benzene rings is 1. The van der Waals surface area contributed by atoms with Crippen molar-refractivity contribution < 1.29 is 4.79 Å². The molecule has 0 aliphatic carbocycles. The molecule has 1 aromatic carbocycles. The molecule has 20 heavy (non-hydrogen) atoms. The third-order valence-corrected chi connectivity index (χ3v) is 3.29. The maximum atomic E-state index is 12.2. The van der Waals surface area contributed by atoms with Gasteiger partial charge in [0.25, 0.3) is 0 Å². The average molecular weight is 272 g/mol. The number of H-pyrrole nitrogens is 1. The van der Waals surface area contributed by atoms with Gasteiger partial charge in [-0.05, 0) is 18.9 Å². The molecule has 2 rings (SSSR count). The minimum absolute atomic E-state index is 0.144. The molecule has 0 aliphatic rings. The lowest BCUT2D eigenvalue weighted by atomic mass is 10.0. The molecule has 1 aromatic heterocycles. The lowest BCUT2D eigenvalue weighted by Gasteiger charge is -2.18. The average Bonchev–Trinajstić information content (AvgIpc) is 2.98. The molecule has 2 atom stereocenters. The molecular weight excluding hydrogens is 252 g/mol. The number of carbonyl (C=O) groups is 1. The van der Waals surface area contributed by atoms with Crippen molar-refractivity contribution in [3.05, 3.63) is 53.6 Å². The van der Waals surface area contributed by atoms with Crippen molar-refractivity contribution in [3.8, 4) is 0 Å². The number of aryl methyl sites for hydroxylation is 1. The number of rotatable bonds is 5. The van der Waals surface area contributed by atoms with Gasteiger partial charge in [0.05, 0.1) is 6.04 Å². The van der Waals surface area contributed by atoms with E-state index in [2.05, 4.69) is 15.3 Å². The van der Waals surface area contributed by atoms with Crippen molar-refractivity contribution in [1.82, 2.24) is 15.3 Å². The maximum absolute atomic E-state index is 12.2. The SMILES string of the molecule is CCC(NC(=O)C(N)c1ccc(C)cc1)c1ncc[nH]1. The van der Waals surface area contributed by atoms with E-state index in [1.165, 1.54) is 0 Å². The fourth-order valence-electron chi connectivity index (χ4n) is 2.02. The van der Waals surface area contributed by atoms with Crippen LogP contribution in [0.25, 0.3) is 0 Å². The Labute approximate surface area is 118 Å². The van der Waals surface area contributed by atoms with Crippen molar-refractivity contribution in [2.45, 2.75) is 32.4 Å². The zero-order valence-corrected chi connectivity index (χ0v) is 11.8. The quantitative estimate of drug-likeness (QED) is 0.778. The molecule has 2 aromatic rings. The molecule has 0 radical (unpaired) electrons. The highest BCUT2D eigenvalue weighted by atomic mass is 16.2. The van der Waals surface area contributed by atoms with Crippen LogP contribution in [0.4, 0.5) is 0 Å². The number of hydrogen-bond acceptors (Lipinski definition) is 3. The second-order valence-corrected chi connectivity index (χ2v) is 4.83. The number of nitrogens with zero attached hydrogens (tertiary/aromatic N) is 1. The molecule has 0 spiro atoms. The van der Waals surface area contributed by atoms with E-state index in [4.69, 9.17) is 5.73 Å². The number of imidazole rings is 1. The van der Waals surface area contributed by atoms with Gasteiger partial charge in [0.2, 0.25) is 5.91 Å². The van der Waals surface area contributed by atoms with Crippen LogP contribution in [0.5, 0.6) is 0 Å². The largest absolute Gasteiger partial charge is 0.347 e. The van der Waals surface area contributed by atoms with Crippen LogP contribution in [0.2, 0.25) is 0 Å². The second kappa shape index (κ2) is 6.34. The van der Waals surface area contributed by atoms with Gasteiger partial charge in [0.15, 0.2) is 0 Å². The predicted molar refractivity (Wildman–Crippen MR) is 77.9 cm³/mol. The first kappa shape index (κ1) is 14.3. The van der Waals surface area contributed by atoms with Gasteiger partial charge in [-0.15, -0.1) is 0 Å². The third-order valence-electron chi connectivity index (χ3n) is 3.29. The number of nitrogens with two attached hydrogens (primary N) is 1. The smallest absolute Gasteiger partial charge is 0.242 e. The summed E-state index contributed by atoms with van der Waals surface area (Å²) in [5.74, 6) is 0.550. The van der Waals surface area contributed by atoms with Crippen molar-refractivity contribution in [3.63, 3.8) is 0 Å². The first-order chi connectivity index (χ1) is 9.61. The van der Waals surface area contributed by atoms with Crippen LogP contribution in [0.15, 0.2) is 36.7 Å². The van der Waals surface area contributed by atoms with Crippen LogP contribution in [-0.4, -0.2) is 15.9 Å². The van der Waals surface area contributed by atoms with E-state index in [0.29, 0.717) is 0 Å². The lowest BCUT2D eigenvalue weighted by molar-refractivity contribution is -0.123. The van der Waals surface area contributed by atoms with Crippen molar-refractivity contribution >= 4 is 5.91 Å². The second-order valence-electron chi connectivity index (χ2n) is 4.83. The molecule has 4 N–H and O–H groups in total. The van der Waals surface area contributed by atoms with Gasteiger partial charge in [0.1, 0.15) is 11.9 Å². The zero-order chi connectivity index (χ0) is 14.5. The summed E-state index contributed by atoms with van der Waals surface area (Å²) >= 11 is 0. The van der Waals surface area contributed by atoms with E-state index in [0.717, 1.165) is 23.4 Å². The molecule has 1 amide bonds. The number of hydrogen-bond donors (Lipinski definition) is 3. The van der Waals surface area contributed by atoms with Gasteiger partial charge >= 0.3 is 0 Å². The number of aromatic amines is 1. The van der Waals surface area contributed by atoms with Crippen molar-refractivity contribution in [2.75, 3.05) is 0 Å². The van der Waals surface area contributed by atoms with E-state index < -0.39 is 6.04 Å². The van der Waals surface area contributed by atoms with Crippen LogP contribution in [0, 0.1) is 6.92 Å². The minimum Gasteiger partial charge on any atom is -0.347 e. The number of aromatic nitrogens is 2. The molecule has 1 heterocycles. The highest BCUT2D eigenvalue weighted by molar-refractivity contribution is 5.83. The Kier molecular flexibility index (Phi) is 4.53. The molecule has 2 unspecified atom stereocenters. The van der Waals surface area contributed by atoms with Gasteiger partial charge < -0.3 is 16.0 Å². The van der Waals surface area contributed by atoms with Crippen LogP contribution >= 0.6 is 0 Å². The van der Waals surface area contributed by atoms with Crippen LogP contribution in [-0.2, 0) is 4.79 Å². The Hall–Kier alpha value is -2.14. The normalized spacial score (nSPS) is 13.8. The van der Waals surface area contributed by atoms with E-state index in [1.807, 2.05) is 38.1 Å². The van der Waals surface area contributed by atoms with Gasteiger partial charge in [-0.25, -0.2) is 4.98 Å². The summed E-state index contributed by atoms with van der Waals surface area (Å²) in [7, 11) is 0. The summed E-state index contributed by atoms with van der Waals surface area (Å²) in [6, 6.07) is 6.85. The lowest BCUT2D eigenvalue weighted by Crippen LogP contribution is -2.36. The molecule has 106 valence electrons.